The predicted octanol–water partition coefficient (Wildman–Crippen LogP) is 3.90. The van der Waals surface area contributed by atoms with Crippen LogP contribution in [0.1, 0.15) is 71.3 Å². The van der Waals surface area contributed by atoms with Gasteiger partial charge in [0.25, 0.3) is 5.91 Å². The maximum absolute atomic E-state index is 12.5. The van der Waals surface area contributed by atoms with Crippen LogP contribution in [-0.2, 0) is 19.7 Å². The first-order valence-electron chi connectivity index (χ1n) is 9.35. The highest BCUT2D eigenvalue weighted by Gasteiger charge is 2.29. The molecule has 1 atom stereocenters. The van der Waals surface area contributed by atoms with Crippen LogP contribution in [0.4, 0.5) is 0 Å². The van der Waals surface area contributed by atoms with Gasteiger partial charge in [-0.1, -0.05) is 67.5 Å². The summed E-state index contributed by atoms with van der Waals surface area (Å²) in [5.74, 6) is -1.27. The van der Waals surface area contributed by atoms with E-state index in [9.17, 15) is 14.4 Å². The van der Waals surface area contributed by atoms with Gasteiger partial charge in [-0.3, -0.25) is 9.59 Å². The molecular weight excluding hydrogens is 342 g/mol. The maximum atomic E-state index is 12.5. The Balaban J connectivity index is 2.80. The zero-order valence-electron chi connectivity index (χ0n) is 17.8. The number of ether oxygens (including phenoxy) is 1. The average Bonchev–Trinajstić information content (AvgIpc) is 2.55. The summed E-state index contributed by atoms with van der Waals surface area (Å²) in [5.41, 5.74) is 1.02. The Morgan fingerprint density at radius 3 is 1.89 bits per heavy atom. The third-order valence-corrected chi connectivity index (χ3v) is 4.40. The predicted molar refractivity (Wildman–Crippen MR) is 107 cm³/mol. The average molecular weight is 376 g/mol. The van der Waals surface area contributed by atoms with Gasteiger partial charge in [-0.2, -0.15) is 0 Å². The number of hydrogen-bond donors (Lipinski definition) is 1. The first-order chi connectivity index (χ1) is 12.2. The molecule has 1 aromatic carbocycles. The summed E-state index contributed by atoms with van der Waals surface area (Å²) in [6.45, 7) is 15.0. The van der Waals surface area contributed by atoms with Crippen molar-refractivity contribution in [3.05, 3.63) is 35.4 Å². The molecule has 0 radical (unpaired) electrons. The van der Waals surface area contributed by atoms with E-state index in [2.05, 4.69) is 26.1 Å². The molecule has 0 unspecified atom stereocenters. The van der Waals surface area contributed by atoms with Crippen LogP contribution in [0, 0.1) is 11.3 Å². The minimum atomic E-state index is -0.812. The van der Waals surface area contributed by atoms with E-state index >= 15 is 0 Å². The summed E-state index contributed by atoms with van der Waals surface area (Å²) >= 11 is 0. The quantitative estimate of drug-likeness (QED) is 0.766. The molecule has 0 heterocycles. The van der Waals surface area contributed by atoms with Gasteiger partial charge in [0.2, 0.25) is 0 Å². The van der Waals surface area contributed by atoms with Crippen LogP contribution in [-0.4, -0.2) is 30.3 Å². The molecule has 0 saturated heterocycles. The fraction of sp³-hybridized carbons (Fsp3) is 0.591. The number of esters is 1. The summed E-state index contributed by atoms with van der Waals surface area (Å²) in [6, 6.07) is 6.52. The Labute approximate surface area is 162 Å². The molecule has 1 aromatic rings. The number of carbonyl (C=O) groups is 3. The molecule has 150 valence electrons. The van der Waals surface area contributed by atoms with Gasteiger partial charge in [-0.25, -0.2) is 4.79 Å². The second kappa shape index (κ2) is 8.68. The molecule has 0 aliphatic rings. The lowest BCUT2D eigenvalue weighted by Crippen LogP contribution is -2.46. The monoisotopic (exact) mass is 375 g/mol. The van der Waals surface area contributed by atoms with Crippen LogP contribution in [0.2, 0.25) is 0 Å². The molecule has 1 rings (SSSR count). The number of carbonyl (C=O) groups excluding carboxylic acids is 3. The summed E-state index contributed by atoms with van der Waals surface area (Å²) in [4.78, 5) is 36.9. The molecule has 0 bridgehead atoms. The highest BCUT2D eigenvalue weighted by Crippen LogP contribution is 2.22. The molecule has 1 N–H and O–H groups in total. The Morgan fingerprint density at radius 2 is 1.48 bits per heavy atom. The topological polar surface area (TPSA) is 72.5 Å². The summed E-state index contributed by atoms with van der Waals surface area (Å²) in [5, 5.41) is 2.73. The fourth-order valence-corrected chi connectivity index (χ4v) is 2.29. The molecule has 0 aliphatic heterocycles. The maximum Gasteiger partial charge on any atom is 0.329 e. The van der Waals surface area contributed by atoms with Crippen molar-refractivity contribution >= 4 is 17.7 Å². The first-order valence-corrected chi connectivity index (χ1v) is 9.35. The number of nitrogens with one attached hydrogen (secondary N) is 1. The minimum Gasteiger partial charge on any atom is -0.456 e. The number of benzene rings is 1. The minimum absolute atomic E-state index is 0.00112. The molecule has 0 saturated carbocycles. The Hall–Kier alpha value is -2.17. The summed E-state index contributed by atoms with van der Waals surface area (Å²) in [6.07, 6.45) is 0. The van der Waals surface area contributed by atoms with Crippen LogP contribution in [0.25, 0.3) is 0 Å². The van der Waals surface area contributed by atoms with Crippen molar-refractivity contribution in [3.8, 4) is 0 Å². The number of rotatable bonds is 6. The lowest BCUT2D eigenvalue weighted by atomic mass is 9.86. The van der Waals surface area contributed by atoms with E-state index in [0.717, 1.165) is 5.56 Å². The summed E-state index contributed by atoms with van der Waals surface area (Å²) in [7, 11) is 0. The van der Waals surface area contributed by atoms with Gasteiger partial charge in [0, 0.05) is 11.0 Å². The van der Waals surface area contributed by atoms with Crippen molar-refractivity contribution in [2.75, 3.05) is 6.61 Å². The van der Waals surface area contributed by atoms with Crippen molar-refractivity contribution in [1.82, 2.24) is 5.32 Å². The largest absolute Gasteiger partial charge is 0.456 e. The third kappa shape index (κ3) is 6.81. The van der Waals surface area contributed by atoms with Gasteiger partial charge in [0.05, 0.1) is 0 Å². The van der Waals surface area contributed by atoms with Gasteiger partial charge in [0.15, 0.2) is 12.4 Å². The van der Waals surface area contributed by atoms with Crippen molar-refractivity contribution in [2.24, 2.45) is 11.3 Å². The van der Waals surface area contributed by atoms with Gasteiger partial charge in [0.1, 0.15) is 6.04 Å². The number of hydrogen-bond acceptors (Lipinski definition) is 4. The fourth-order valence-electron chi connectivity index (χ4n) is 2.29. The van der Waals surface area contributed by atoms with Crippen LogP contribution in [0.3, 0.4) is 0 Å². The van der Waals surface area contributed by atoms with E-state index in [0.29, 0.717) is 5.56 Å². The molecule has 27 heavy (non-hydrogen) atoms. The number of Topliss-reactive ketones (excluding diaryl/α,β-unsaturated/α-hetero) is 1. The van der Waals surface area contributed by atoms with E-state index in [1.54, 1.807) is 32.9 Å². The second-order valence-electron chi connectivity index (χ2n) is 9.30. The zero-order valence-corrected chi connectivity index (χ0v) is 17.8. The molecular formula is C22H33NO4. The second-order valence-corrected chi connectivity index (χ2v) is 9.30. The van der Waals surface area contributed by atoms with Crippen LogP contribution in [0.15, 0.2) is 24.3 Å². The van der Waals surface area contributed by atoms with E-state index in [1.165, 1.54) is 0 Å². The van der Waals surface area contributed by atoms with Gasteiger partial charge in [-0.15, -0.1) is 0 Å². The first kappa shape index (κ1) is 22.9. The van der Waals surface area contributed by atoms with Crippen molar-refractivity contribution < 1.29 is 19.1 Å². The van der Waals surface area contributed by atoms with E-state index in [4.69, 9.17) is 4.74 Å². The Bertz CT molecular complexity index is 676. The SMILES string of the molecule is CC(C)[C@@H](NC(=O)c1ccc(C(C)(C)C)cc1)C(=O)OCC(=O)C(C)(C)C. The molecule has 0 fully saturated rings. The lowest BCUT2D eigenvalue weighted by Gasteiger charge is -2.23. The third-order valence-electron chi connectivity index (χ3n) is 4.40. The molecule has 0 spiro atoms. The molecule has 1 amide bonds. The Morgan fingerprint density at radius 1 is 0.963 bits per heavy atom. The van der Waals surface area contributed by atoms with E-state index in [-0.39, 0.29) is 29.6 Å². The molecule has 0 aliphatic carbocycles. The summed E-state index contributed by atoms with van der Waals surface area (Å²) < 4.78 is 5.15. The van der Waals surface area contributed by atoms with Crippen molar-refractivity contribution in [1.29, 1.82) is 0 Å². The van der Waals surface area contributed by atoms with Crippen LogP contribution in [0.5, 0.6) is 0 Å². The van der Waals surface area contributed by atoms with Gasteiger partial charge >= 0.3 is 5.97 Å². The highest BCUT2D eigenvalue weighted by molar-refractivity contribution is 5.97. The molecule has 5 nitrogen and oxygen atoms in total. The van der Waals surface area contributed by atoms with Crippen LogP contribution < -0.4 is 5.32 Å². The van der Waals surface area contributed by atoms with E-state index < -0.39 is 17.4 Å². The standard InChI is InChI=1S/C22H33NO4/c1-14(2)18(20(26)27-13-17(24)22(6,7)8)23-19(25)15-9-11-16(12-10-15)21(3,4)5/h9-12,14,18H,13H2,1-8H3,(H,23,25)/t18-/m1/s1. The zero-order chi connectivity index (χ0) is 21.0. The highest BCUT2D eigenvalue weighted by atomic mass is 16.5. The van der Waals surface area contributed by atoms with E-state index in [1.807, 2.05) is 26.0 Å². The molecule has 0 aromatic heterocycles. The number of ketones is 1. The molecule has 5 heteroatoms. The Kier molecular flexibility index (Phi) is 7.35. The number of amides is 1. The van der Waals surface area contributed by atoms with Gasteiger partial charge in [-0.05, 0) is 29.0 Å². The van der Waals surface area contributed by atoms with Crippen LogP contribution >= 0.6 is 0 Å². The lowest BCUT2D eigenvalue weighted by molar-refractivity contribution is -0.152. The van der Waals surface area contributed by atoms with Crippen molar-refractivity contribution in [3.63, 3.8) is 0 Å². The van der Waals surface area contributed by atoms with Gasteiger partial charge < -0.3 is 10.1 Å². The normalized spacial score (nSPS) is 13.2. The van der Waals surface area contributed by atoms with Crippen molar-refractivity contribution in [2.45, 2.75) is 66.8 Å². The smallest absolute Gasteiger partial charge is 0.329 e.